The molecule has 0 fully saturated rings. The smallest absolute Gasteiger partial charge is 0.142 e. The van der Waals surface area contributed by atoms with Crippen molar-refractivity contribution in [2.45, 2.75) is 12.5 Å². The quantitative estimate of drug-likeness (QED) is 0.615. The molecule has 0 aliphatic rings. The highest BCUT2D eigenvalue weighted by molar-refractivity contribution is 14.1. The Morgan fingerprint density at radius 1 is 1.27 bits per heavy atom. The van der Waals surface area contributed by atoms with Crippen LogP contribution in [0.5, 0.6) is 5.75 Å². The highest BCUT2D eigenvalue weighted by Gasteiger charge is 2.10. The van der Waals surface area contributed by atoms with Gasteiger partial charge in [0.15, 0.2) is 0 Å². The van der Waals surface area contributed by atoms with Gasteiger partial charge in [-0.1, -0.05) is 0 Å². The SMILES string of the molecule is Cl.NCC[C@@H](N)c1cc(I)c(O)c(I)c1. The third-order valence-electron chi connectivity index (χ3n) is 1.95. The first-order valence-electron chi connectivity index (χ1n) is 4.19. The van der Waals surface area contributed by atoms with Crippen LogP contribution in [0.3, 0.4) is 0 Å². The van der Waals surface area contributed by atoms with E-state index in [0.29, 0.717) is 12.3 Å². The summed E-state index contributed by atoms with van der Waals surface area (Å²) in [5.41, 5.74) is 12.4. The molecular formula is C9H13ClI2N2O. The fourth-order valence-corrected chi connectivity index (χ4v) is 2.96. The van der Waals surface area contributed by atoms with Crippen molar-refractivity contribution in [1.82, 2.24) is 0 Å². The van der Waals surface area contributed by atoms with Crippen LogP contribution in [0, 0.1) is 7.14 Å². The molecule has 0 amide bonds. The Bertz CT molecular complexity index is 313. The minimum atomic E-state index is -0.0392. The van der Waals surface area contributed by atoms with Gasteiger partial charge >= 0.3 is 0 Å². The van der Waals surface area contributed by atoms with Crippen molar-refractivity contribution in [3.05, 3.63) is 24.8 Å². The summed E-state index contributed by atoms with van der Waals surface area (Å²) >= 11 is 4.19. The summed E-state index contributed by atoms with van der Waals surface area (Å²) in [6, 6.07) is 3.76. The van der Waals surface area contributed by atoms with E-state index in [1.807, 2.05) is 12.1 Å². The molecule has 0 aromatic heterocycles. The molecule has 6 heteroatoms. The summed E-state index contributed by atoms with van der Waals surface area (Å²) in [4.78, 5) is 0. The molecule has 1 aromatic carbocycles. The zero-order valence-electron chi connectivity index (χ0n) is 7.91. The maximum Gasteiger partial charge on any atom is 0.142 e. The van der Waals surface area contributed by atoms with Gasteiger partial charge in [-0.15, -0.1) is 12.4 Å². The van der Waals surface area contributed by atoms with Crippen LogP contribution in [0.15, 0.2) is 12.1 Å². The molecule has 0 bridgehead atoms. The predicted octanol–water partition coefficient (Wildman–Crippen LogP) is 2.37. The van der Waals surface area contributed by atoms with Gasteiger partial charge in [0.25, 0.3) is 0 Å². The lowest BCUT2D eigenvalue weighted by atomic mass is 10.1. The molecule has 0 heterocycles. The van der Waals surface area contributed by atoms with Crippen molar-refractivity contribution in [2.75, 3.05) is 6.54 Å². The van der Waals surface area contributed by atoms with Crippen LogP contribution in [0.2, 0.25) is 0 Å². The van der Waals surface area contributed by atoms with Crippen molar-refractivity contribution in [2.24, 2.45) is 11.5 Å². The molecule has 1 rings (SSSR count). The van der Waals surface area contributed by atoms with Gasteiger partial charge in [-0.2, -0.15) is 0 Å². The summed E-state index contributed by atoms with van der Waals surface area (Å²) in [6.07, 6.45) is 0.761. The zero-order chi connectivity index (χ0) is 10.7. The van der Waals surface area contributed by atoms with Crippen molar-refractivity contribution >= 4 is 57.6 Å². The Labute approximate surface area is 123 Å². The second-order valence-electron chi connectivity index (χ2n) is 3.02. The fourth-order valence-electron chi connectivity index (χ4n) is 1.15. The molecule has 1 atom stereocenters. The number of phenols is 1. The van der Waals surface area contributed by atoms with Gasteiger partial charge in [-0.05, 0) is 75.8 Å². The summed E-state index contributed by atoms with van der Waals surface area (Å²) in [7, 11) is 0. The fraction of sp³-hybridized carbons (Fsp3) is 0.333. The molecule has 3 nitrogen and oxygen atoms in total. The third-order valence-corrected chi connectivity index (χ3v) is 3.59. The van der Waals surface area contributed by atoms with E-state index in [9.17, 15) is 5.11 Å². The van der Waals surface area contributed by atoms with Gasteiger partial charge in [-0.3, -0.25) is 0 Å². The van der Waals surface area contributed by atoms with Crippen LogP contribution in [-0.4, -0.2) is 11.7 Å². The lowest BCUT2D eigenvalue weighted by Gasteiger charge is -2.12. The van der Waals surface area contributed by atoms with E-state index >= 15 is 0 Å². The summed E-state index contributed by atoms with van der Waals surface area (Å²) in [6.45, 7) is 0.579. The second-order valence-corrected chi connectivity index (χ2v) is 5.34. The van der Waals surface area contributed by atoms with E-state index < -0.39 is 0 Å². The molecule has 15 heavy (non-hydrogen) atoms. The van der Waals surface area contributed by atoms with Crippen molar-refractivity contribution < 1.29 is 5.11 Å². The molecule has 0 unspecified atom stereocenters. The van der Waals surface area contributed by atoms with Crippen molar-refractivity contribution in [3.63, 3.8) is 0 Å². The number of hydrogen-bond acceptors (Lipinski definition) is 3. The number of hydrogen-bond donors (Lipinski definition) is 3. The largest absolute Gasteiger partial charge is 0.506 e. The lowest BCUT2D eigenvalue weighted by Crippen LogP contribution is -2.15. The maximum atomic E-state index is 9.56. The topological polar surface area (TPSA) is 72.3 Å². The van der Waals surface area contributed by atoms with E-state index in [2.05, 4.69) is 45.2 Å². The van der Waals surface area contributed by atoms with Crippen LogP contribution >= 0.6 is 57.6 Å². The van der Waals surface area contributed by atoms with Crippen LogP contribution < -0.4 is 11.5 Å². The van der Waals surface area contributed by atoms with Crippen LogP contribution in [0.25, 0.3) is 0 Å². The number of rotatable bonds is 3. The van der Waals surface area contributed by atoms with E-state index in [1.54, 1.807) is 0 Å². The summed E-state index contributed by atoms with van der Waals surface area (Å²) < 4.78 is 1.66. The van der Waals surface area contributed by atoms with Crippen LogP contribution in [0.4, 0.5) is 0 Å². The second kappa shape index (κ2) is 7.10. The Balaban J connectivity index is 0.00000196. The first kappa shape index (κ1) is 15.7. The van der Waals surface area contributed by atoms with E-state index in [0.717, 1.165) is 19.1 Å². The Morgan fingerprint density at radius 3 is 2.13 bits per heavy atom. The molecule has 0 saturated heterocycles. The van der Waals surface area contributed by atoms with Crippen molar-refractivity contribution in [3.8, 4) is 5.75 Å². The number of phenolic OH excluding ortho intramolecular Hbond substituents is 1. The van der Waals surface area contributed by atoms with Gasteiger partial charge in [-0.25, -0.2) is 0 Å². The summed E-state index contributed by atoms with van der Waals surface area (Å²) in [5.74, 6) is 0.329. The molecule has 5 N–H and O–H groups in total. The van der Waals surface area contributed by atoms with Gasteiger partial charge < -0.3 is 16.6 Å². The standard InChI is InChI=1S/C9H12I2N2O.ClH/c10-6-3-5(8(13)1-2-12)4-7(11)9(6)14;/h3-4,8,14H,1-2,12-13H2;1H/t8-;/m1./s1. The Kier molecular flexibility index (Phi) is 7.43. The molecule has 1 aromatic rings. The van der Waals surface area contributed by atoms with Crippen LogP contribution in [0.1, 0.15) is 18.0 Å². The number of benzene rings is 1. The van der Waals surface area contributed by atoms with Gasteiger partial charge in [0.2, 0.25) is 0 Å². The average molecular weight is 454 g/mol. The zero-order valence-corrected chi connectivity index (χ0v) is 13.0. The molecule has 86 valence electrons. The van der Waals surface area contributed by atoms with Gasteiger partial charge in [0.1, 0.15) is 5.75 Å². The summed E-state index contributed by atoms with van der Waals surface area (Å²) in [5, 5.41) is 9.56. The lowest BCUT2D eigenvalue weighted by molar-refractivity contribution is 0.467. The number of halogens is 3. The molecular weight excluding hydrogens is 441 g/mol. The van der Waals surface area contributed by atoms with Crippen molar-refractivity contribution in [1.29, 1.82) is 0 Å². The third kappa shape index (κ3) is 4.22. The minimum absolute atomic E-state index is 0. The molecule has 0 radical (unpaired) electrons. The molecule has 0 spiro atoms. The monoisotopic (exact) mass is 454 g/mol. The highest BCUT2D eigenvalue weighted by Crippen LogP contribution is 2.29. The van der Waals surface area contributed by atoms with Gasteiger partial charge in [0.05, 0.1) is 7.14 Å². The van der Waals surface area contributed by atoms with Crippen LogP contribution in [-0.2, 0) is 0 Å². The number of aromatic hydroxyl groups is 1. The van der Waals surface area contributed by atoms with E-state index in [4.69, 9.17) is 11.5 Å². The predicted molar refractivity (Wildman–Crippen MR) is 81.4 cm³/mol. The highest BCUT2D eigenvalue weighted by atomic mass is 127. The minimum Gasteiger partial charge on any atom is -0.506 e. The average Bonchev–Trinajstić information content (AvgIpc) is 2.13. The molecule has 0 aliphatic carbocycles. The Morgan fingerprint density at radius 2 is 1.73 bits per heavy atom. The Hall–Kier alpha value is 0.690. The first-order chi connectivity index (χ1) is 6.56. The van der Waals surface area contributed by atoms with Gasteiger partial charge in [0, 0.05) is 6.04 Å². The first-order valence-corrected chi connectivity index (χ1v) is 6.35. The molecule has 0 saturated carbocycles. The molecule has 0 aliphatic heterocycles. The van der Waals surface area contributed by atoms with E-state index in [1.165, 1.54) is 0 Å². The number of nitrogens with two attached hydrogens (primary N) is 2. The normalized spacial score (nSPS) is 12.0. The van der Waals surface area contributed by atoms with E-state index in [-0.39, 0.29) is 18.4 Å². The maximum absolute atomic E-state index is 9.56.